The molecule has 3 rings (SSSR count). The first-order valence-electron chi connectivity index (χ1n) is 9.01. The number of methoxy groups -OCH3 is 1. The highest BCUT2D eigenvalue weighted by atomic mass is 16.5. The standard InChI is InChI=1S/C18H30N4O3/c1-17(14-23)12-18(13-22(17)16(24)11-25-3)5-8-21(9-6-18)10-15-4-7-20(2)19-15/h4,7,23H,5-6,8-14H2,1-3H3. The Morgan fingerprint density at radius 1 is 1.40 bits per heavy atom. The molecule has 2 saturated heterocycles. The first-order valence-corrected chi connectivity index (χ1v) is 9.01. The van der Waals surface area contributed by atoms with Crippen LogP contribution in [0, 0.1) is 5.41 Å². The van der Waals surface area contributed by atoms with Crippen molar-refractivity contribution >= 4 is 5.91 Å². The zero-order chi connectivity index (χ0) is 18.1. The summed E-state index contributed by atoms with van der Waals surface area (Å²) >= 11 is 0. The van der Waals surface area contributed by atoms with Crippen molar-refractivity contribution in [2.75, 3.05) is 40.0 Å². The number of carbonyl (C=O) groups is 1. The average molecular weight is 350 g/mol. The lowest BCUT2D eigenvalue weighted by Gasteiger charge is -2.39. The molecule has 1 spiro atoms. The smallest absolute Gasteiger partial charge is 0.249 e. The van der Waals surface area contributed by atoms with E-state index in [2.05, 4.69) is 16.1 Å². The van der Waals surface area contributed by atoms with E-state index in [9.17, 15) is 9.90 Å². The van der Waals surface area contributed by atoms with Gasteiger partial charge in [-0.2, -0.15) is 5.10 Å². The lowest BCUT2D eigenvalue weighted by atomic mass is 9.74. The first kappa shape index (κ1) is 18.4. The van der Waals surface area contributed by atoms with Gasteiger partial charge in [0.1, 0.15) is 6.61 Å². The molecule has 0 radical (unpaired) electrons. The van der Waals surface area contributed by atoms with E-state index in [1.54, 1.807) is 0 Å². The van der Waals surface area contributed by atoms with Gasteiger partial charge in [0.2, 0.25) is 5.91 Å². The number of hydrogen-bond donors (Lipinski definition) is 1. The SMILES string of the molecule is COCC(=O)N1CC2(CCN(Cc3ccn(C)n3)CC2)CC1(C)CO. The fourth-order valence-corrected chi connectivity index (χ4v) is 4.51. The van der Waals surface area contributed by atoms with Gasteiger partial charge in [0.05, 0.1) is 17.8 Å². The van der Waals surface area contributed by atoms with Crippen LogP contribution in [-0.4, -0.2) is 76.1 Å². The number of hydrogen-bond acceptors (Lipinski definition) is 5. The molecule has 0 aromatic carbocycles. The third-order valence-corrected chi connectivity index (χ3v) is 5.88. The van der Waals surface area contributed by atoms with Crippen molar-refractivity contribution in [2.24, 2.45) is 12.5 Å². The molecule has 1 unspecified atom stereocenters. The second-order valence-electron chi connectivity index (χ2n) is 8.00. The number of amides is 1. The van der Waals surface area contributed by atoms with Crippen LogP contribution in [0.25, 0.3) is 0 Å². The number of carbonyl (C=O) groups excluding carboxylic acids is 1. The van der Waals surface area contributed by atoms with Crippen LogP contribution in [0.1, 0.15) is 31.9 Å². The number of aliphatic hydroxyl groups is 1. The van der Waals surface area contributed by atoms with Crippen LogP contribution in [0.5, 0.6) is 0 Å². The van der Waals surface area contributed by atoms with Crippen LogP contribution in [0.4, 0.5) is 0 Å². The van der Waals surface area contributed by atoms with E-state index in [0.717, 1.165) is 51.1 Å². The van der Waals surface area contributed by atoms with Crippen molar-refractivity contribution in [3.8, 4) is 0 Å². The van der Waals surface area contributed by atoms with E-state index in [1.807, 2.05) is 29.7 Å². The summed E-state index contributed by atoms with van der Waals surface area (Å²) in [5.74, 6) is -0.0214. The van der Waals surface area contributed by atoms with Crippen molar-refractivity contribution in [3.05, 3.63) is 18.0 Å². The molecular formula is C18H30N4O3. The van der Waals surface area contributed by atoms with Gasteiger partial charge in [-0.05, 0) is 50.8 Å². The van der Waals surface area contributed by atoms with Crippen LogP contribution >= 0.6 is 0 Å². The molecule has 7 nitrogen and oxygen atoms in total. The normalized spacial score (nSPS) is 26.5. The van der Waals surface area contributed by atoms with E-state index >= 15 is 0 Å². The molecule has 0 aliphatic carbocycles. The Labute approximate surface area is 149 Å². The van der Waals surface area contributed by atoms with Crippen molar-refractivity contribution in [3.63, 3.8) is 0 Å². The minimum Gasteiger partial charge on any atom is -0.394 e. The molecule has 25 heavy (non-hydrogen) atoms. The summed E-state index contributed by atoms with van der Waals surface area (Å²) in [7, 11) is 3.48. The van der Waals surface area contributed by atoms with Gasteiger partial charge in [-0.15, -0.1) is 0 Å². The lowest BCUT2D eigenvalue weighted by Crippen LogP contribution is -2.49. The van der Waals surface area contributed by atoms with Crippen LogP contribution in [0.2, 0.25) is 0 Å². The summed E-state index contributed by atoms with van der Waals surface area (Å²) < 4.78 is 6.86. The molecular weight excluding hydrogens is 320 g/mol. The van der Waals surface area contributed by atoms with Crippen molar-refractivity contribution in [1.29, 1.82) is 0 Å². The van der Waals surface area contributed by atoms with E-state index < -0.39 is 5.54 Å². The summed E-state index contributed by atoms with van der Waals surface area (Å²) in [6, 6.07) is 2.06. The highest BCUT2D eigenvalue weighted by Crippen LogP contribution is 2.48. The lowest BCUT2D eigenvalue weighted by molar-refractivity contribution is -0.140. The number of piperidine rings is 1. The van der Waals surface area contributed by atoms with Gasteiger partial charge in [-0.3, -0.25) is 14.4 Å². The maximum absolute atomic E-state index is 12.4. The summed E-state index contributed by atoms with van der Waals surface area (Å²) in [6.07, 6.45) is 4.94. The number of ether oxygens (including phenoxy) is 1. The zero-order valence-corrected chi connectivity index (χ0v) is 15.6. The van der Waals surface area contributed by atoms with Crippen molar-refractivity contribution < 1.29 is 14.6 Å². The third kappa shape index (κ3) is 3.73. The summed E-state index contributed by atoms with van der Waals surface area (Å²) in [4.78, 5) is 16.7. The van der Waals surface area contributed by atoms with Gasteiger partial charge in [0, 0.05) is 33.4 Å². The molecule has 7 heteroatoms. The number of rotatable bonds is 5. The monoisotopic (exact) mass is 350 g/mol. The van der Waals surface area contributed by atoms with Crippen LogP contribution in [0.3, 0.4) is 0 Å². The molecule has 2 aliphatic heterocycles. The van der Waals surface area contributed by atoms with E-state index in [-0.39, 0.29) is 24.5 Å². The Morgan fingerprint density at radius 2 is 2.12 bits per heavy atom. The highest BCUT2D eigenvalue weighted by molar-refractivity contribution is 5.78. The van der Waals surface area contributed by atoms with E-state index in [0.29, 0.717) is 0 Å². The maximum atomic E-state index is 12.4. The first-order chi connectivity index (χ1) is 11.9. The van der Waals surface area contributed by atoms with Crippen molar-refractivity contribution in [2.45, 2.75) is 38.3 Å². The zero-order valence-electron chi connectivity index (χ0n) is 15.6. The Morgan fingerprint density at radius 3 is 2.68 bits per heavy atom. The summed E-state index contributed by atoms with van der Waals surface area (Å²) in [5.41, 5.74) is 0.738. The van der Waals surface area contributed by atoms with Gasteiger partial charge < -0.3 is 14.7 Å². The van der Waals surface area contributed by atoms with Gasteiger partial charge in [0.25, 0.3) is 0 Å². The predicted octanol–water partition coefficient (Wildman–Crippen LogP) is 0.632. The molecule has 1 aromatic heterocycles. The third-order valence-electron chi connectivity index (χ3n) is 5.88. The van der Waals surface area contributed by atoms with Gasteiger partial charge in [-0.25, -0.2) is 0 Å². The minimum absolute atomic E-state index is 0.00184. The van der Waals surface area contributed by atoms with Crippen LogP contribution in [-0.2, 0) is 23.1 Å². The number of likely N-dealkylation sites (tertiary alicyclic amines) is 2. The van der Waals surface area contributed by atoms with Crippen molar-refractivity contribution in [1.82, 2.24) is 19.6 Å². The highest BCUT2D eigenvalue weighted by Gasteiger charge is 2.52. The fraction of sp³-hybridized carbons (Fsp3) is 0.778. The van der Waals surface area contributed by atoms with Gasteiger partial charge in [-0.1, -0.05) is 0 Å². The molecule has 3 heterocycles. The van der Waals surface area contributed by atoms with Crippen LogP contribution in [0.15, 0.2) is 12.3 Å². The molecule has 1 atom stereocenters. The van der Waals surface area contributed by atoms with E-state index in [4.69, 9.17) is 4.74 Å². The second-order valence-corrected chi connectivity index (χ2v) is 8.00. The molecule has 2 aliphatic rings. The summed E-state index contributed by atoms with van der Waals surface area (Å²) in [5, 5.41) is 14.4. The average Bonchev–Trinajstić information content (AvgIpc) is 3.12. The number of aryl methyl sites for hydroxylation is 1. The number of aromatic nitrogens is 2. The molecule has 1 aromatic rings. The topological polar surface area (TPSA) is 70.8 Å². The Hall–Kier alpha value is -1.44. The van der Waals surface area contributed by atoms with E-state index in [1.165, 1.54) is 7.11 Å². The number of aliphatic hydroxyl groups excluding tert-OH is 1. The Kier molecular flexibility index (Phi) is 5.18. The molecule has 140 valence electrons. The van der Waals surface area contributed by atoms with Crippen LogP contribution < -0.4 is 0 Å². The van der Waals surface area contributed by atoms with Gasteiger partial charge >= 0.3 is 0 Å². The quantitative estimate of drug-likeness (QED) is 0.844. The maximum Gasteiger partial charge on any atom is 0.249 e. The molecule has 1 N–H and O–H groups in total. The molecule has 0 bridgehead atoms. The summed E-state index contributed by atoms with van der Waals surface area (Å²) in [6.45, 7) is 5.69. The minimum atomic E-state index is -0.473. The number of nitrogens with zero attached hydrogens (tertiary/aromatic N) is 4. The molecule has 1 amide bonds. The van der Waals surface area contributed by atoms with Gasteiger partial charge in [0.15, 0.2) is 0 Å². The molecule has 0 saturated carbocycles. The predicted molar refractivity (Wildman–Crippen MR) is 93.8 cm³/mol. The second kappa shape index (κ2) is 7.05. The largest absolute Gasteiger partial charge is 0.394 e. The fourth-order valence-electron chi connectivity index (χ4n) is 4.51. The Bertz CT molecular complexity index is 609. The molecule has 2 fully saturated rings. The Balaban J connectivity index is 1.63.